The van der Waals surface area contributed by atoms with Gasteiger partial charge in [0.2, 0.25) is 5.96 Å². The minimum atomic E-state index is -0.362. The van der Waals surface area contributed by atoms with Crippen molar-refractivity contribution in [3.63, 3.8) is 0 Å². The predicted octanol–water partition coefficient (Wildman–Crippen LogP) is 4.43. The number of unbranched alkanes of at least 4 members (excludes halogenated alkanes) is 1. The molecule has 1 aliphatic rings. The largest absolute Gasteiger partial charge is 0.342 e. The molecule has 0 bridgehead atoms. The zero-order valence-electron chi connectivity index (χ0n) is 16.6. The molecule has 0 radical (unpaired) electrons. The summed E-state index contributed by atoms with van der Waals surface area (Å²) in [5.74, 6) is 0.855. The molecule has 1 atom stereocenters. The lowest BCUT2D eigenvalue weighted by Crippen LogP contribution is -2.45. The van der Waals surface area contributed by atoms with Crippen LogP contribution in [0.5, 0.6) is 0 Å². The Hall–Kier alpha value is -2.62. The van der Waals surface area contributed by atoms with E-state index in [1.165, 1.54) is 5.56 Å². The Kier molecular flexibility index (Phi) is 6.28. The second-order valence-corrected chi connectivity index (χ2v) is 7.08. The normalized spacial score (nSPS) is 16.6. The number of hydrogen-bond donors (Lipinski definition) is 0. The van der Waals surface area contributed by atoms with Gasteiger partial charge in [-0.05, 0) is 38.0 Å². The molecule has 3 rings (SSSR count). The summed E-state index contributed by atoms with van der Waals surface area (Å²) >= 11 is 0. The molecule has 1 heterocycles. The number of carbonyl (C=O) groups is 1. The summed E-state index contributed by atoms with van der Waals surface area (Å²) in [6.45, 7) is 8.13. The lowest BCUT2D eigenvalue weighted by atomic mass is 10.1. The van der Waals surface area contributed by atoms with E-state index < -0.39 is 0 Å². The van der Waals surface area contributed by atoms with Gasteiger partial charge in [0.25, 0.3) is 5.91 Å². The summed E-state index contributed by atoms with van der Waals surface area (Å²) in [7, 11) is 0. The summed E-state index contributed by atoms with van der Waals surface area (Å²) in [6.07, 6.45) is 2.85. The van der Waals surface area contributed by atoms with Crippen LogP contribution in [-0.2, 0) is 11.2 Å². The van der Waals surface area contributed by atoms with Crippen LogP contribution >= 0.6 is 0 Å². The summed E-state index contributed by atoms with van der Waals surface area (Å²) < 4.78 is 0. The minimum absolute atomic E-state index is 0.0626. The Balaban J connectivity index is 1.92. The third kappa shape index (κ3) is 4.38. The molecule has 27 heavy (non-hydrogen) atoms. The zero-order chi connectivity index (χ0) is 19.2. The molecular weight excluding hydrogens is 334 g/mol. The van der Waals surface area contributed by atoms with E-state index in [0.29, 0.717) is 6.42 Å². The lowest BCUT2D eigenvalue weighted by molar-refractivity contribution is -0.118. The van der Waals surface area contributed by atoms with E-state index in [0.717, 1.165) is 43.1 Å². The SMILES string of the molecule is CCCCN(CC)C1=NC(Cc2ccccc2)C(=O)N1c1ccc(C)cc1. The highest BCUT2D eigenvalue weighted by Crippen LogP contribution is 2.25. The molecule has 142 valence electrons. The second-order valence-electron chi connectivity index (χ2n) is 7.08. The van der Waals surface area contributed by atoms with E-state index >= 15 is 0 Å². The molecule has 1 aliphatic heterocycles. The number of aliphatic imine (C=N–C) groups is 1. The molecule has 0 fully saturated rings. The Morgan fingerprint density at radius 1 is 1.04 bits per heavy atom. The first kappa shape index (κ1) is 19.2. The van der Waals surface area contributed by atoms with Gasteiger partial charge in [-0.1, -0.05) is 61.4 Å². The fourth-order valence-electron chi connectivity index (χ4n) is 3.38. The molecule has 2 aromatic carbocycles. The average molecular weight is 364 g/mol. The summed E-state index contributed by atoms with van der Waals surface area (Å²) in [5, 5.41) is 0. The van der Waals surface area contributed by atoms with E-state index in [4.69, 9.17) is 4.99 Å². The molecule has 0 aliphatic carbocycles. The van der Waals surface area contributed by atoms with Gasteiger partial charge >= 0.3 is 0 Å². The van der Waals surface area contributed by atoms with E-state index in [9.17, 15) is 4.79 Å². The average Bonchev–Trinajstić information content (AvgIpc) is 3.00. The molecule has 0 aromatic heterocycles. The fourth-order valence-corrected chi connectivity index (χ4v) is 3.38. The van der Waals surface area contributed by atoms with Crippen LogP contribution in [0.3, 0.4) is 0 Å². The number of aryl methyl sites for hydroxylation is 1. The Labute approximate surface area is 162 Å². The number of amides is 1. The van der Waals surface area contributed by atoms with Crippen molar-refractivity contribution in [3.8, 4) is 0 Å². The van der Waals surface area contributed by atoms with Gasteiger partial charge in [0.1, 0.15) is 6.04 Å². The van der Waals surface area contributed by atoms with E-state index in [1.807, 2.05) is 47.4 Å². The Bertz CT molecular complexity index is 783. The maximum Gasteiger partial charge on any atom is 0.259 e. The molecule has 0 saturated heterocycles. The van der Waals surface area contributed by atoms with Gasteiger partial charge in [0, 0.05) is 19.5 Å². The molecule has 1 amide bonds. The minimum Gasteiger partial charge on any atom is -0.342 e. The van der Waals surface area contributed by atoms with Crippen LogP contribution in [0.15, 0.2) is 59.6 Å². The van der Waals surface area contributed by atoms with Crippen molar-refractivity contribution in [1.82, 2.24) is 4.90 Å². The highest BCUT2D eigenvalue weighted by atomic mass is 16.2. The number of benzene rings is 2. The van der Waals surface area contributed by atoms with Crippen molar-refractivity contribution in [2.45, 2.75) is 46.1 Å². The third-order valence-electron chi connectivity index (χ3n) is 4.99. The number of hydrogen-bond acceptors (Lipinski definition) is 3. The van der Waals surface area contributed by atoms with Crippen LogP contribution in [0, 0.1) is 6.92 Å². The van der Waals surface area contributed by atoms with Crippen LogP contribution in [-0.4, -0.2) is 35.9 Å². The quantitative estimate of drug-likeness (QED) is 0.729. The summed E-state index contributed by atoms with van der Waals surface area (Å²) in [4.78, 5) is 22.2. The van der Waals surface area contributed by atoms with Crippen molar-refractivity contribution in [3.05, 3.63) is 65.7 Å². The third-order valence-corrected chi connectivity index (χ3v) is 4.99. The predicted molar refractivity (Wildman–Crippen MR) is 112 cm³/mol. The molecule has 1 unspecified atom stereocenters. The first-order valence-corrected chi connectivity index (χ1v) is 9.91. The Morgan fingerprint density at radius 2 is 1.74 bits per heavy atom. The molecule has 4 nitrogen and oxygen atoms in total. The number of rotatable bonds is 7. The smallest absolute Gasteiger partial charge is 0.259 e. The molecule has 0 spiro atoms. The maximum absolute atomic E-state index is 13.3. The van der Waals surface area contributed by atoms with Crippen molar-refractivity contribution < 1.29 is 4.79 Å². The van der Waals surface area contributed by atoms with Crippen LogP contribution in [0.25, 0.3) is 0 Å². The monoisotopic (exact) mass is 363 g/mol. The van der Waals surface area contributed by atoms with Crippen molar-refractivity contribution in [2.75, 3.05) is 18.0 Å². The van der Waals surface area contributed by atoms with E-state index in [-0.39, 0.29) is 11.9 Å². The number of carbonyl (C=O) groups excluding carboxylic acids is 1. The van der Waals surface area contributed by atoms with Crippen LogP contribution in [0.1, 0.15) is 37.8 Å². The molecule has 0 N–H and O–H groups in total. The summed E-state index contributed by atoms with van der Waals surface area (Å²) in [6, 6.07) is 17.9. The second kappa shape index (κ2) is 8.85. The van der Waals surface area contributed by atoms with E-state index in [2.05, 4.69) is 37.8 Å². The van der Waals surface area contributed by atoms with Crippen LogP contribution < -0.4 is 4.90 Å². The van der Waals surface area contributed by atoms with Gasteiger partial charge in [0.15, 0.2) is 0 Å². The fraction of sp³-hybridized carbons (Fsp3) is 0.391. The number of nitrogens with zero attached hydrogens (tertiary/aromatic N) is 3. The van der Waals surface area contributed by atoms with Gasteiger partial charge in [-0.15, -0.1) is 0 Å². The van der Waals surface area contributed by atoms with Gasteiger partial charge < -0.3 is 4.90 Å². The summed E-state index contributed by atoms with van der Waals surface area (Å²) in [5.41, 5.74) is 3.22. The van der Waals surface area contributed by atoms with E-state index in [1.54, 1.807) is 0 Å². The number of anilines is 1. The molecule has 2 aromatic rings. The van der Waals surface area contributed by atoms with Gasteiger partial charge in [-0.2, -0.15) is 0 Å². The first-order chi connectivity index (χ1) is 13.1. The van der Waals surface area contributed by atoms with Gasteiger partial charge in [0.05, 0.1) is 5.69 Å². The molecule has 4 heteroatoms. The van der Waals surface area contributed by atoms with Crippen LogP contribution in [0.2, 0.25) is 0 Å². The van der Waals surface area contributed by atoms with Crippen molar-refractivity contribution in [1.29, 1.82) is 0 Å². The topological polar surface area (TPSA) is 35.9 Å². The zero-order valence-corrected chi connectivity index (χ0v) is 16.6. The first-order valence-electron chi connectivity index (χ1n) is 9.91. The highest BCUT2D eigenvalue weighted by Gasteiger charge is 2.37. The highest BCUT2D eigenvalue weighted by molar-refractivity contribution is 6.22. The molecule has 0 saturated carbocycles. The van der Waals surface area contributed by atoms with Gasteiger partial charge in [-0.3, -0.25) is 4.79 Å². The van der Waals surface area contributed by atoms with Crippen LogP contribution in [0.4, 0.5) is 5.69 Å². The lowest BCUT2D eigenvalue weighted by Gasteiger charge is -2.29. The van der Waals surface area contributed by atoms with Gasteiger partial charge in [-0.25, -0.2) is 9.89 Å². The standard InChI is InChI=1S/C23H29N3O/c1-4-6-16-25(5-2)23-24-21(17-19-10-8-7-9-11-19)22(27)26(23)20-14-12-18(3)13-15-20/h7-15,21H,4-6,16-17H2,1-3H3. The maximum atomic E-state index is 13.3. The Morgan fingerprint density at radius 3 is 2.37 bits per heavy atom. The van der Waals surface area contributed by atoms with Crippen molar-refractivity contribution in [2.24, 2.45) is 4.99 Å². The molecular formula is C23H29N3O. The number of guanidine groups is 1. The van der Waals surface area contributed by atoms with Crippen molar-refractivity contribution >= 4 is 17.6 Å².